The highest BCUT2D eigenvalue weighted by Crippen LogP contribution is 2.25. The van der Waals surface area contributed by atoms with Gasteiger partial charge in [0.05, 0.1) is 17.8 Å². The van der Waals surface area contributed by atoms with E-state index in [1.165, 1.54) is 0 Å². The summed E-state index contributed by atoms with van der Waals surface area (Å²) in [7, 11) is 1.94. The number of benzene rings is 2. The van der Waals surface area contributed by atoms with E-state index in [4.69, 9.17) is 9.61 Å². The number of rotatable bonds is 7. The van der Waals surface area contributed by atoms with Crippen LogP contribution < -0.4 is 10.2 Å². The Morgan fingerprint density at radius 3 is 2.35 bits per heavy atom. The monoisotopic (exact) mass is 413 g/mol. The molecule has 1 amide bonds. The summed E-state index contributed by atoms with van der Waals surface area (Å²) in [6.07, 6.45) is 0. The van der Waals surface area contributed by atoms with E-state index >= 15 is 0 Å². The summed E-state index contributed by atoms with van der Waals surface area (Å²) in [5, 5.41) is 10.5. The Hall–Kier alpha value is -4.00. The first kappa shape index (κ1) is 20.3. The van der Waals surface area contributed by atoms with Gasteiger partial charge in [0, 0.05) is 19.2 Å². The van der Waals surface area contributed by atoms with Crippen LogP contribution >= 0.6 is 0 Å². The number of aryl methyl sites for hydroxylation is 1. The summed E-state index contributed by atoms with van der Waals surface area (Å²) in [6.45, 7) is 2.64. The third-order valence-corrected chi connectivity index (χ3v) is 4.98. The van der Waals surface area contributed by atoms with E-state index in [1.54, 1.807) is 6.92 Å². The molecule has 0 saturated heterocycles. The minimum absolute atomic E-state index is 0.232. The van der Waals surface area contributed by atoms with Crippen LogP contribution in [0.1, 0.15) is 27.3 Å². The average Bonchev–Trinajstić information content (AvgIpc) is 3.23. The van der Waals surface area contributed by atoms with Crippen molar-refractivity contribution in [1.82, 2.24) is 20.6 Å². The first-order chi connectivity index (χ1) is 15.1. The van der Waals surface area contributed by atoms with Crippen molar-refractivity contribution in [1.29, 1.82) is 0 Å². The molecular formula is C24H23N5O2. The molecule has 31 heavy (non-hydrogen) atoms. The van der Waals surface area contributed by atoms with E-state index in [0.717, 1.165) is 16.8 Å². The standard InChI is InChI=1S/C24H23N5O2/c1-17-22(28-31-27-17)15-25-24(30)20-13-14-21(19-11-7-4-8-12-19)26-23(20)29(2)16-18-9-5-3-6-10-18/h3-14H,15-16H2,1-2H3,(H,25,30). The summed E-state index contributed by atoms with van der Waals surface area (Å²) in [6, 6.07) is 23.7. The molecule has 0 saturated carbocycles. The lowest BCUT2D eigenvalue weighted by molar-refractivity contribution is 0.0950. The molecule has 0 spiro atoms. The highest BCUT2D eigenvalue weighted by atomic mass is 16.6. The minimum Gasteiger partial charge on any atom is -0.355 e. The molecule has 0 fully saturated rings. The highest BCUT2D eigenvalue weighted by molar-refractivity contribution is 5.99. The van der Waals surface area contributed by atoms with Gasteiger partial charge in [-0.1, -0.05) is 71.0 Å². The summed E-state index contributed by atoms with van der Waals surface area (Å²) in [5.74, 6) is 0.377. The topological polar surface area (TPSA) is 84.2 Å². The SMILES string of the molecule is Cc1nonc1CNC(=O)c1ccc(-c2ccccc2)nc1N(C)Cc1ccccc1. The quantitative estimate of drug-likeness (QED) is 0.493. The van der Waals surface area contributed by atoms with Gasteiger partial charge in [-0.05, 0) is 24.6 Å². The molecule has 2 aromatic carbocycles. The molecular weight excluding hydrogens is 390 g/mol. The van der Waals surface area contributed by atoms with Crippen molar-refractivity contribution in [2.24, 2.45) is 0 Å². The second kappa shape index (κ2) is 9.21. The molecule has 7 nitrogen and oxygen atoms in total. The molecule has 0 atom stereocenters. The van der Waals surface area contributed by atoms with E-state index in [9.17, 15) is 4.79 Å². The molecule has 0 bridgehead atoms. The van der Waals surface area contributed by atoms with Crippen molar-refractivity contribution in [3.63, 3.8) is 0 Å². The van der Waals surface area contributed by atoms with Crippen LogP contribution in [0.15, 0.2) is 77.4 Å². The number of aromatic nitrogens is 3. The van der Waals surface area contributed by atoms with Crippen molar-refractivity contribution in [3.8, 4) is 11.3 Å². The van der Waals surface area contributed by atoms with Crippen LogP contribution in [0, 0.1) is 6.92 Å². The van der Waals surface area contributed by atoms with E-state index in [0.29, 0.717) is 29.3 Å². The number of nitrogens with one attached hydrogen (secondary N) is 1. The number of carbonyl (C=O) groups is 1. The Morgan fingerprint density at radius 2 is 1.68 bits per heavy atom. The van der Waals surface area contributed by atoms with Crippen molar-refractivity contribution < 1.29 is 9.42 Å². The number of anilines is 1. The maximum atomic E-state index is 13.0. The minimum atomic E-state index is -0.232. The Bertz CT molecular complexity index is 1160. The van der Waals surface area contributed by atoms with Crippen LogP contribution in [0.25, 0.3) is 11.3 Å². The maximum Gasteiger partial charge on any atom is 0.255 e. The Labute approximate surface area is 180 Å². The van der Waals surface area contributed by atoms with Gasteiger partial charge in [-0.15, -0.1) is 0 Å². The van der Waals surface area contributed by atoms with E-state index in [-0.39, 0.29) is 12.5 Å². The lowest BCUT2D eigenvalue weighted by atomic mass is 10.1. The molecule has 0 aliphatic carbocycles. The molecule has 156 valence electrons. The third-order valence-electron chi connectivity index (χ3n) is 4.98. The molecule has 7 heteroatoms. The average molecular weight is 413 g/mol. The van der Waals surface area contributed by atoms with Gasteiger partial charge in [0.2, 0.25) is 0 Å². The van der Waals surface area contributed by atoms with Crippen molar-refractivity contribution in [2.45, 2.75) is 20.0 Å². The Kier molecular flexibility index (Phi) is 6.03. The van der Waals surface area contributed by atoms with Gasteiger partial charge in [0.15, 0.2) is 0 Å². The summed E-state index contributed by atoms with van der Waals surface area (Å²) < 4.78 is 4.70. The zero-order chi connectivity index (χ0) is 21.6. The fourth-order valence-corrected chi connectivity index (χ4v) is 3.29. The fraction of sp³-hybridized carbons (Fsp3) is 0.167. The summed E-state index contributed by atoms with van der Waals surface area (Å²) in [5.41, 5.74) is 4.68. The van der Waals surface area contributed by atoms with Crippen LogP contribution in [0.5, 0.6) is 0 Å². The number of carbonyl (C=O) groups excluding carboxylic acids is 1. The first-order valence-corrected chi connectivity index (χ1v) is 9.99. The van der Waals surface area contributed by atoms with Gasteiger partial charge in [-0.25, -0.2) is 9.61 Å². The maximum absolute atomic E-state index is 13.0. The van der Waals surface area contributed by atoms with Crippen LogP contribution in [0.2, 0.25) is 0 Å². The number of amides is 1. The fourth-order valence-electron chi connectivity index (χ4n) is 3.29. The van der Waals surface area contributed by atoms with Crippen LogP contribution in [0.3, 0.4) is 0 Å². The normalized spacial score (nSPS) is 10.6. The lowest BCUT2D eigenvalue weighted by Crippen LogP contribution is -2.27. The van der Waals surface area contributed by atoms with Crippen LogP contribution in [-0.4, -0.2) is 28.3 Å². The Balaban J connectivity index is 1.64. The van der Waals surface area contributed by atoms with Crippen molar-refractivity contribution in [3.05, 3.63) is 95.3 Å². The first-order valence-electron chi connectivity index (χ1n) is 9.99. The molecule has 0 aliphatic heterocycles. The van der Waals surface area contributed by atoms with Gasteiger partial charge in [-0.2, -0.15) is 0 Å². The van der Waals surface area contributed by atoms with E-state index in [2.05, 4.69) is 27.8 Å². The highest BCUT2D eigenvalue weighted by Gasteiger charge is 2.18. The van der Waals surface area contributed by atoms with E-state index in [1.807, 2.05) is 72.6 Å². The number of hydrogen-bond acceptors (Lipinski definition) is 6. The number of pyridine rings is 1. The number of nitrogens with zero attached hydrogens (tertiary/aromatic N) is 4. The van der Waals surface area contributed by atoms with Gasteiger partial charge >= 0.3 is 0 Å². The zero-order valence-electron chi connectivity index (χ0n) is 17.4. The van der Waals surface area contributed by atoms with Gasteiger partial charge in [0.1, 0.15) is 17.2 Å². The van der Waals surface area contributed by atoms with Crippen LogP contribution in [0.4, 0.5) is 5.82 Å². The summed E-state index contributed by atoms with van der Waals surface area (Å²) >= 11 is 0. The van der Waals surface area contributed by atoms with Gasteiger partial charge in [0.25, 0.3) is 5.91 Å². The molecule has 0 aliphatic rings. The van der Waals surface area contributed by atoms with Crippen molar-refractivity contribution in [2.75, 3.05) is 11.9 Å². The predicted molar refractivity (Wildman–Crippen MR) is 118 cm³/mol. The largest absolute Gasteiger partial charge is 0.355 e. The van der Waals surface area contributed by atoms with Gasteiger partial charge < -0.3 is 10.2 Å². The van der Waals surface area contributed by atoms with Crippen LogP contribution in [-0.2, 0) is 13.1 Å². The molecule has 1 N–H and O–H groups in total. The molecule has 2 aromatic heterocycles. The Morgan fingerprint density at radius 1 is 0.968 bits per heavy atom. The predicted octanol–water partition coefficient (Wildman–Crippen LogP) is 4.01. The van der Waals surface area contributed by atoms with Gasteiger partial charge in [-0.3, -0.25) is 4.79 Å². The zero-order valence-corrected chi connectivity index (χ0v) is 17.4. The van der Waals surface area contributed by atoms with Crippen molar-refractivity contribution >= 4 is 11.7 Å². The second-order valence-corrected chi connectivity index (χ2v) is 7.25. The second-order valence-electron chi connectivity index (χ2n) is 7.25. The number of hydrogen-bond donors (Lipinski definition) is 1. The lowest BCUT2D eigenvalue weighted by Gasteiger charge is -2.22. The molecule has 0 unspecified atom stereocenters. The molecule has 4 rings (SSSR count). The molecule has 2 heterocycles. The molecule has 4 aromatic rings. The molecule has 0 radical (unpaired) electrons. The van der Waals surface area contributed by atoms with E-state index < -0.39 is 0 Å². The smallest absolute Gasteiger partial charge is 0.255 e. The summed E-state index contributed by atoms with van der Waals surface area (Å²) in [4.78, 5) is 19.8. The third kappa shape index (κ3) is 4.78.